The normalized spacial score (nSPS) is 15.1. The van der Waals surface area contributed by atoms with Crippen molar-refractivity contribution in [3.05, 3.63) is 24.3 Å². The number of fused-ring (bicyclic) bond motifs is 1. The minimum absolute atomic E-state index is 0.157. The highest BCUT2D eigenvalue weighted by molar-refractivity contribution is 9.09. The van der Waals surface area contributed by atoms with Gasteiger partial charge in [0.15, 0.2) is 0 Å². The molecule has 1 aromatic carbocycles. The molecular weight excluding hydrogens is 282 g/mol. The maximum Gasteiger partial charge on any atom is 0.230 e. The third-order valence-corrected chi connectivity index (χ3v) is 3.36. The van der Waals surface area contributed by atoms with Crippen LogP contribution in [-0.2, 0) is 4.79 Å². The molecule has 1 aliphatic heterocycles. The largest absolute Gasteiger partial charge is 0.491 e. The highest BCUT2D eigenvalue weighted by Gasteiger charge is 2.22. The number of carbonyl (C=O) groups is 1. The van der Waals surface area contributed by atoms with Gasteiger partial charge in [0.05, 0.1) is 18.7 Å². The number of anilines is 1. The van der Waals surface area contributed by atoms with E-state index < -0.39 is 0 Å². The summed E-state index contributed by atoms with van der Waals surface area (Å²) < 4.78 is 5.58. The number of alkyl halides is 1. The molecule has 0 aromatic heterocycles. The Labute approximate surface area is 110 Å². The molecule has 0 saturated heterocycles. The van der Waals surface area contributed by atoms with Crippen LogP contribution in [0.4, 0.5) is 5.69 Å². The van der Waals surface area contributed by atoms with Gasteiger partial charge in [-0.1, -0.05) is 28.1 Å². The molecule has 1 aromatic rings. The number of rotatable bonds is 4. The van der Waals surface area contributed by atoms with Crippen molar-refractivity contribution in [1.82, 2.24) is 0 Å². The van der Waals surface area contributed by atoms with E-state index in [4.69, 9.17) is 4.74 Å². The molecule has 0 bridgehead atoms. The van der Waals surface area contributed by atoms with Gasteiger partial charge in [0.2, 0.25) is 5.91 Å². The Morgan fingerprint density at radius 2 is 2.12 bits per heavy atom. The number of halogens is 1. The Balaban J connectivity index is 2.18. The summed E-state index contributed by atoms with van der Waals surface area (Å²) in [7, 11) is 0. The molecule has 1 amide bonds. The van der Waals surface area contributed by atoms with Gasteiger partial charge >= 0.3 is 0 Å². The molecule has 17 heavy (non-hydrogen) atoms. The monoisotopic (exact) mass is 297 g/mol. The van der Waals surface area contributed by atoms with Crippen LogP contribution >= 0.6 is 15.9 Å². The first-order valence-corrected chi connectivity index (χ1v) is 7.03. The summed E-state index contributed by atoms with van der Waals surface area (Å²) >= 11 is 3.41. The summed E-state index contributed by atoms with van der Waals surface area (Å²) in [4.78, 5) is 13.9. The van der Waals surface area contributed by atoms with Crippen molar-refractivity contribution in [2.75, 3.05) is 23.4 Å². The van der Waals surface area contributed by atoms with E-state index in [1.807, 2.05) is 29.2 Å². The van der Waals surface area contributed by atoms with Crippen LogP contribution in [0.15, 0.2) is 24.3 Å². The zero-order valence-corrected chi connectivity index (χ0v) is 11.3. The highest BCUT2D eigenvalue weighted by atomic mass is 79.9. The van der Waals surface area contributed by atoms with Crippen molar-refractivity contribution >= 4 is 27.5 Å². The van der Waals surface area contributed by atoms with Crippen LogP contribution in [-0.4, -0.2) is 24.4 Å². The summed E-state index contributed by atoms with van der Waals surface area (Å²) in [6.07, 6.45) is 2.54. The third kappa shape index (κ3) is 3.00. The van der Waals surface area contributed by atoms with E-state index in [1.54, 1.807) is 0 Å². The summed E-state index contributed by atoms with van der Waals surface area (Å²) in [5, 5.41) is 0.979. The maximum absolute atomic E-state index is 12.0. The van der Waals surface area contributed by atoms with Crippen LogP contribution < -0.4 is 9.64 Å². The molecule has 0 fully saturated rings. The lowest BCUT2D eigenvalue weighted by Gasteiger charge is -2.21. The zero-order chi connectivity index (χ0) is 12.1. The summed E-state index contributed by atoms with van der Waals surface area (Å²) in [5.41, 5.74) is 0.907. The Morgan fingerprint density at radius 3 is 2.94 bits per heavy atom. The molecule has 0 radical (unpaired) electrons. The van der Waals surface area contributed by atoms with Gasteiger partial charge in [-0.05, 0) is 25.0 Å². The van der Waals surface area contributed by atoms with E-state index in [0.717, 1.165) is 36.2 Å². The molecule has 0 N–H and O–H groups in total. The van der Waals surface area contributed by atoms with E-state index in [2.05, 4.69) is 15.9 Å². The predicted octanol–water partition coefficient (Wildman–Crippen LogP) is 2.98. The summed E-state index contributed by atoms with van der Waals surface area (Å²) in [6, 6.07) is 7.75. The maximum atomic E-state index is 12.0. The fraction of sp³-hybridized carbons (Fsp3) is 0.462. The van der Waals surface area contributed by atoms with Gasteiger partial charge in [-0.15, -0.1) is 0 Å². The number of ether oxygens (including phenoxy) is 1. The molecule has 92 valence electrons. The van der Waals surface area contributed by atoms with Crippen molar-refractivity contribution < 1.29 is 9.53 Å². The molecule has 0 atom stereocenters. The molecule has 0 saturated carbocycles. The van der Waals surface area contributed by atoms with Gasteiger partial charge in [-0.2, -0.15) is 0 Å². The minimum atomic E-state index is 0.157. The Hall–Kier alpha value is -1.03. The first-order chi connectivity index (χ1) is 8.33. The van der Waals surface area contributed by atoms with Crippen molar-refractivity contribution in [3.8, 4) is 5.75 Å². The van der Waals surface area contributed by atoms with Crippen LogP contribution in [0.1, 0.15) is 19.3 Å². The number of hydrogen-bond donors (Lipinski definition) is 0. The first-order valence-electron chi connectivity index (χ1n) is 5.91. The topological polar surface area (TPSA) is 29.5 Å². The standard InChI is InChI=1S/C13H16BrNO2/c14-8-3-4-9-15-11-5-1-2-6-12(11)17-10-7-13(15)16/h1-2,5-6H,3-4,7-10H2. The number of hydrogen-bond acceptors (Lipinski definition) is 2. The molecule has 3 nitrogen and oxygen atoms in total. The number of unbranched alkanes of at least 4 members (excludes halogenated alkanes) is 1. The van der Waals surface area contributed by atoms with E-state index >= 15 is 0 Å². The van der Waals surface area contributed by atoms with E-state index in [-0.39, 0.29) is 5.91 Å². The van der Waals surface area contributed by atoms with Gasteiger partial charge in [-0.3, -0.25) is 4.79 Å². The second-order valence-electron chi connectivity index (χ2n) is 4.01. The Kier molecular flexibility index (Phi) is 4.42. The zero-order valence-electron chi connectivity index (χ0n) is 9.69. The summed E-state index contributed by atoms with van der Waals surface area (Å²) in [5.74, 6) is 0.974. The number of para-hydroxylation sites is 2. The molecule has 0 unspecified atom stereocenters. The van der Waals surface area contributed by atoms with Crippen LogP contribution in [0, 0.1) is 0 Å². The minimum Gasteiger partial charge on any atom is -0.491 e. The fourth-order valence-electron chi connectivity index (χ4n) is 1.93. The second-order valence-corrected chi connectivity index (χ2v) is 4.80. The van der Waals surface area contributed by atoms with Crippen LogP contribution in [0.5, 0.6) is 5.75 Å². The van der Waals surface area contributed by atoms with Crippen molar-refractivity contribution in [2.45, 2.75) is 19.3 Å². The van der Waals surface area contributed by atoms with Gasteiger partial charge in [-0.25, -0.2) is 0 Å². The fourth-order valence-corrected chi connectivity index (χ4v) is 2.33. The third-order valence-electron chi connectivity index (χ3n) is 2.80. The molecular formula is C13H16BrNO2. The summed E-state index contributed by atoms with van der Waals surface area (Å²) in [6.45, 7) is 1.25. The number of amides is 1. The quantitative estimate of drug-likeness (QED) is 0.632. The Bertz CT molecular complexity index is 395. The van der Waals surface area contributed by atoms with Gasteiger partial charge in [0.1, 0.15) is 5.75 Å². The van der Waals surface area contributed by atoms with Crippen LogP contribution in [0.25, 0.3) is 0 Å². The average Bonchev–Trinajstić information content (AvgIpc) is 2.50. The molecule has 0 aliphatic carbocycles. The predicted molar refractivity (Wildman–Crippen MR) is 71.9 cm³/mol. The number of nitrogens with zero attached hydrogens (tertiary/aromatic N) is 1. The molecule has 4 heteroatoms. The lowest BCUT2D eigenvalue weighted by molar-refractivity contribution is -0.118. The Morgan fingerprint density at radius 1 is 1.29 bits per heavy atom. The van der Waals surface area contributed by atoms with Crippen LogP contribution in [0.3, 0.4) is 0 Å². The van der Waals surface area contributed by atoms with E-state index in [9.17, 15) is 4.79 Å². The highest BCUT2D eigenvalue weighted by Crippen LogP contribution is 2.31. The SMILES string of the molecule is O=C1CCOc2ccccc2N1CCCCBr. The smallest absolute Gasteiger partial charge is 0.230 e. The van der Waals surface area contributed by atoms with Crippen molar-refractivity contribution in [2.24, 2.45) is 0 Å². The number of carbonyl (C=O) groups excluding carboxylic acids is 1. The average molecular weight is 298 g/mol. The first kappa shape index (κ1) is 12.4. The van der Waals surface area contributed by atoms with E-state index in [0.29, 0.717) is 13.0 Å². The van der Waals surface area contributed by atoms with Crippen molar-refractivity contribution in [1.29, 1.82) is 0 Å². The lowest BCUT2D eigenvalue weighted by atomic mass is 10.2. The molecule has 0 spiro atoms. The molecule has 2 rings (SSSR count). The lowest BCUT2D eigenvalue weighted by Crippen LogP contribution is -2.31. The molecule has 1 aliphatic rings. The van der Waals surface area contributed by atoms with Gasteiger partial charge in [0, 0.05) is 11.9 Å². The molecule has 1 heterocycles. The second kappa shape index (κ2) is 6.05. The van der Waals surface area contributed by atoms with Gasteiger partial charge in [0.25, 0.3) is 0 Å². The van der Waals surface area contributed by atoms with Crippen molar-refractivity contribution in [3.63, 3.8) is 0 Å². The number of benzene rings is 1. The van der Waals surface area contributed by atoms with Gasteiger partial charge < -0.3 is 9.64 Å². The van der Waals surface area contributed by atoms with E-state index in [1.165, 1.54) is 0 Å². The van der Waals surface area contributed by atoms with Crippen LogP contribution in [0.2, 0.25) is 0 Å².